The zero-order chi connectivity index (χ0) is 12.1. The lowest BCUT2D eigenvalue weighted by Gasteiger charge is -2.30. The number of rotatable bonds is 4. The molecule has 0 aliphatic heterocycles. The first-order valence-electron chi connectivity index (χ1n) is 6.52. The monoisotopic (exact) mass is 234 g/mol. The van der Waals surface area contributed by atoms with E-state index in [2.05, 4.69) is 15.3 Å². The Hall–Kier alpha value is -1.16. The number of hydrogen-bond acceptors (Lipinski definition) is 4. The van der Waals surface area contributed by atoms with Gasteiger partial charge in [0.1, 0.15) is 12.1 Å². The van der Waals surface area contributed by atoms with Crippen LogP contribution in [0, 0.1) is 18.8 Å². The van der Waals surface area contributed by atoms with Gasteiger partial charge in [-0.15, -0.1) is 0 Å². The number of aromatic nitrogens is 2. The highest BCUT2D eigenvalue weighted by Crippen LogP contribution is 2.29. The van der Waals surface area contributed by atoms with Crippen molar-refractivity contribution < 1.29 is 0 Å². The van der Waals surface area contributed by atoms with E-state index in [1.807, 2.05) is 13.0 Å². The van der Waals surface area contributed by atoms with E-state index in [-0.39, 0.29) is 0 Å². The maximum absolute atomic E-state index is 5.83. The first kappa shape index (κ1) is 12.3. The maximum atomic E-state index is 5.83. The van der Waals surface area contributed by atoms with Crippen molar-refractivity contribution in [2.24, 2.45) is 17.6 Å². The quantitative estimate of drug-likeness (QED) is 0.836. The molecule has 1 heterocycles. The van der Waals surface area contributed by atoms with Crippen LogP contribution >= 0.6 is 0 Å². The van der Waals surface area contributed by atoms with Crippen molar-refractivity contribution in [3.05, 3.63) is 18.1 Å². The molecule has 1 aliphatic carbocycles. The zero-order valence-electron chi connectivity index (χ0n) is 10.5. The summed E-state index contributed by atoms with van der Waals surface area (Å²) in [5.41, 5.74) is 6.83. The number of anilines is 1. The van der Waals surface area contributed by atoms with Gasteiger partial charge in [-0.05, 0) is 38.1 Å². The van der Waals surface area contributed by atoms with Crippen molar-refractivity contribution in [1.29, 1.82) is 0 Å². The molecule has 0 saturated heterocycles. The second-order valence-corrected chi connectivity index (χ2v) is 4.97. The van der Waals surface area contributed by atoms with Crippen molar-refractivity contribution in [3.8, 4) is 0 Å². The molecule has 1 aromatic rings. The van der Waals surface area contributed by atoms with Crippen LogP contribution in [0.2, 0.25) is 0 Å². The second-order valence-electron chi connectivity index (χ2n) is 4.97. The minimum absolute atomic E-state index is 0.680. The normalized spacial score (nSPS) is 24.6. The van der Waals surface area contributed by atoms with Gasteiger partial charge in [-0.25, -0.2) is 9.97 Å². The first-order valence-corrected chi connectivity index (χ1v) is 6.52. The lowest BCUT2D eigenvalue weighted by molar-refractivity contribution is 0.255. The Balaban J connectivity index is 1.88. The Morgan fingerprint density at radius 1 is 1.29 bits per heavy atom. The van der Waals surface area contributed by atoms with Crippen molar-refractivity contribution >= 4 is 5.82 Å². The molecule has 17 heavy (non-hydrogen) atoms. The topological polar surface area (TPSA) is 63.8 Å². The van der Waals surface area contributed by atoms with E-state index in [0.29, 0.717) is 11.8 Å². The summed E-state index contributed by atoms with van der Waals surface area (Å²) in [5, 5.41) is 3.41. The van der Waals surface area contributed by atoms with Crippen LogP contribution in [0.3, 0.4) is 0 Å². The van der Waals surface area contributed by atoms with E-state index < -0.39 is 0 Å². The molecule has 0 amide bonds. The van der Waals surface area contributed by atoms with E-state index >= 15 is 0 Å². The van der Waals surface area contributed by atoms with Gasteiger partial charge in [-0.2, -0.15) is 0 Å². The van der Waals surface area contributed by atoms with E-state index in [4.69, 9.17) is 5.73 Å². The van der Waals surface area contributed by atoms with Gasteiger partial charge < -0.3 is 11.1 Å². The van der Waals surface area contributed by atoms with Crippen LogP contribution in [0.25, 0.3) is 0 Å². The van der Waals surface area contributed by atoms with Crippen molar-refractivity contribution in [2.45, 2.75) is 32.6 Å². The third-order valence-corrected chi connectivity index (χ3v) is 3.72. The lowest BCUT2D eigenvalue weighted by atomic mass is 9.79. The second kappa shape index (κ2) is 5.96. The molecule has 4 nitrogen and oxygen atoms in total. The lowest BCUT2D eigenvalue weighted by Crippen LogP contribution is -2.31. The third-order valence-electron chi connectivity index (χ3n) is 3.72. The first-order chi connectivity index (χ1) is 8.29. The highest BCUT2D eigenvalue weighted by Gasteiger charge is 2.23. The van der Waals surface area contributed by atoms with E-state index in [1.165, 1.54) is 25.7 Å². The van der Waals surface area contributed by atoms with Gasteiger partial charge in [0.05, 0.1) is 0 Å². The molecule has 1 saturated carbocycles. The number of aryl methyl sites for hydroxylation is 1. The molecule has 1 aromatic heterocycles. The molecule has 1 aliphatic rings. The number of nitrogens with zero attached hydrogens (tertiary/aromatic N) is 2. The van der Waals surface area contributed by atoms with Crippen molar-refractivity contribution in [2.75, 3.05) is 18.4 Å². The minimum atomic E-state index is 0.680. The molecular weight excluding hydrogens is 212 g/mol. The highest BCUT2D eigenvalue weighted by atomic mass is 15.0. The van der Waals surface area contributed by atoms with Gasteiger partial charge >= 0.3 is 0 Å². The summed E-state index contributed by atoms with van der Waals surface area (Å²) in [6.07, 6.45) is 6.86. The minimum Gasteiger partial charge on any atom is -0.370 e. The summed E-state index contributed by atoms with van der Waals surface area (Å²) in [5.74, 6) is 2.31. The predicted octanol–water partition coefficient (Wildman–Crippen LogP) is 1.96. The number of hydrogen-bond donors (Lipinski definition) is 2. The number of nitrogens with two attached hydrogens (primary N) is 1. The Bertz CT molecular complexity index is 353. The fourth-order valence-electron chi connectivity index (χ4n) is 2.65. The molecular formula is C13H22N4. The van der Waals surface area contributed by atoms with Crippen LogP contribution in [-0.4, -0.2) is 23.1 Å². The summed E-state index contributed by atoms with van der Waals surface area (Å²) < 4.78 is 0. The molecule has 2 rings (SSSR count). The Morgan fingerprint density at radius 2 is 2.06 bits per heavy atom. The zero-order valence-corrected chi connectivity index (χ0v) is 10.5. The average molecular weight is 234 g/mol. The van der Waals surface area contributed by atoms with Gasteiger partial charge in [0.15, 0.2) is 0 Å². The molecule has 0 spiro atoms. The van der Waals surface area contributed by atoms with Crippen LogP contribution in [0.15, 0.2) is 12.4 Å². The Labute approximate surface area is 103 Å². The fraction of sp³-hybridized carbons (Fsp3) is 0.692. The SMILES string of the molecule is Cc1cc(NCC2CCCCC2CN)ncn1. The van der Waals surface area contributed by atoms with E-state index in [1.54, 1.807) is 6.33 Å². The molecule has 2 unspecified atom stereocenters. The van der Waals surface area contributed by atoms with E-state index in [9.17, 15) is 0 Å². The van der Waals surface area contributed by atoms with E-state index in [0.717, 1.165) is 24.6 Å². The summed E-state index contributed by atoms with van der Waals surface area (Å²) >= 11 is 0. The van der Waals surface area contributed by atoms with Gasteiger partial charge in [-0.3, -0.25) is 0 Å². The molecule has 0 radical (unpaired) electrons. The molecule has 1 fully saturated rings. The Morgan fingerprint density at radius 3 is 2.76 bits per heavy atom. The standard InChI is InChI=1S/C13H22N4/c1-10-6-13(17-9-16-10)15-8-12-5-3-2-4-11(12)7-14/h6,9,11-12H,2-5,7-8,14H2,1H3,(H,15,16,17). The van der Waals surface area contributed by atoms with Crippen molar-refractivity contribution in [1.82, 2.24) is 9.97 Å². The fourth-order valence-corrected chi connectivity index (χ4v) is 2.65. The van der Waals surface area contributed by atoms with Crippen LogP contribution in [0.4, 0.5) is 5.82 Å². The van der Waals surface area contributed by atoms with Crippen molar-refractivity contribution in [3.63, 3.8) is 0 Å². The molecule has 4 heteroatoms. The highest BCUT2D eigenvalue weighted by molar-refractivity contribution is 5.34. The smallest absolute Gasteiger partial charge is 0.129 e. The average Bonchev–Trinajstić information content (AvgIpc) is 2.37. The molecule has 0 aromatic carbocycles. The molecule has 0 bridgehead atoms. The van der Waals surface area contributed by atoms with Crippen LogP contribution in [0.5, 0.6) is 0 Å². The predicted molar refractivity (Wildman–Crippen MR) is 69.8 cm³/mol. The molecule has 2 atom stereocenters. The van der Waals surface area contributed by atoms with Gasteiger partial charge in [0.25, 0.3) is 0 Å². The van der Waals surface area contributed by atoms with Crippen LogP contribution in [0.1, 0.15) is 31.4 Å². The van der Waals surface area contributed by atoms with Gasteiger partial charge in [-0.1, -0.05) is 12.8 Å². The van der Waals surface area contributed by atoms with Crippen LogP contribution in [-0.2, 0) is 0 Å². The number of nitrogens with one attached hydrogen (secondary N) is 1. The van der Waals surface area contributed by atoms with Gasteiger partial charge in [0.2, 0.25) is 0 Å². The largest absolute Gasteiger partial charge is 0.370 e. The van der Waals surface area contributed by atoms with Gasteiger partial charge in [0, 0.05) is 18.3 Å². The maximum Gasteiger partial charge on any atom is 0.129 e. The van der Waals surface area contributed by atoms with Crippen LogP contribution < -0.4 is 11.1 Å². The molecule has 94 valence electrons. The Kier molecular flexibility index (Phi) is 4.31. The summed E-state index contributed by atoms with van der Waals surface area (Å²) in [6.45, 7) is 3.78. The summed E-state index contributed by atoms with van der Waals surface area (Å²) in [7, 11) is 0. The molecule has 3 N–H and O–H groups in total. The summed E-state index contributed by atoms with van der Waals surface area (Å²) in [4.78, 5) is 8.32. The third kappa shape index (κ3) is 3.40. The summed E-state index contributed by atoms with van der Waals surface area (Å²) in [6, 6.07) is 1.99.